The molecule has 0 aliphatic carbocycles. The average molecular weight is 356 g/mol. The fourth-order valence-electron chi connectivity index (χ4n) is 2.82. The van der Waals surface area contributed by atoms with Crippen molar-refractivity contribution in [1.29, 1.82) is 0 Å². The molecular weight excluding hydrogens is 332 g/mol. The number of amides is 1. The molecule has 1 amide bonds. The molecule has 0 saturated carbocycles. The lowest BCUT2D eigenvalue weighted by atomic mass is 10.1. The summed E-state index contributed by atoms with van der Waals surface area (Å²) in [6.45, 7) is 2.66. The van der Waals surface area contributed by atoms with E-state index in [0.717, 1.165) is 37.4 Å². The van der Waals surface area contributed by atoms with Crippen LogP contribution >= 0.6 is 0 Å². The van der Waals surface area contributed by atoms with Gasteiger partial charge in [0.1, 0.15) is 23.8 Å². The second-order valence-electron chi connectivity index (χ2n) is 6.07. The molecule has 0 radical (unpaired) electrons. The van der Waals surface area contributed by atoms with Crippen LogP contribution in [0.2, 0.25) is 0 Å². The van der Waals surface area contributed by atoms with E-state index in [9.17, 15) is 4.79 Å². The van der Waals surface area contributed by atoms with Gasteiger partial charge in [-0.3, -0.25) is 4.79 Å². The minimum atomic E-state index is -0.219. The van der Waals surface area contributed by atoms with Crippen molar-refractivity contribution in [2.45, 2.75) is 19.3 Å². The number of hydrogen-bond acceptors (Lipinski definition) is 6. The highest BCUT2D eigenvalue weighted by atomic mass is 16.5. The van der Waals surface area contributed by atoms with Crippen LogP contribution < -0.4 is 19.7 Å². The number of hydrogen-bond donors (Lipinski definition) is 1. The summed E-state index contributed by atoms with van der Waals surface area (Å²) in [6.07, 6.45) is 5.16. The average Bonchev–Trinajstić information content (AvgIpc) is 2.72. The predicted octanol–water partition coefficient (Wildman–Crippen LogP) is 2.28. The second kappa shape index (κ2) is 9.03. The normalized spacial score (nSPS) is 14.0. The summed E-state index contributed by atoms with van der Waals surface area (Å²) in [5, 5.41) is 2.82. The third kappa shape index (κ3) is 4.84. The van der Waals surface area contributed by atoms with Crippen LogP contribution in [0.1, 0.15) is 29.8 Å². The summed E-state index contributed by atoms with van der Waals surface area (Å²) in [4.78, 5) is 23.1. The lowest BCUT2D eigenvalue weighted by Crippen LogP contribution is -2.33. The quantitative estimate of drug-likeness (QED) is 0.767. The molecule has 1 aliphatic rings. The summed E-state index contributed by atoms with van der Waals surface area (Å²) >= 11 is 0. The summed E-state index contributed by atoms with van der Waals surface area (Å²) in [7, 11) is 1.62. The topological polar surface area (TPSA) is 76.6 Å². The minimum absolute atomic E-state index is 0.219. The molecule has 0 bridgehead atoms. The van der Waals surface area contributed by atoms with Gasteiger partial charge in [-0.2, -0.15) is 0 Å². The standard InChI is InChI=1S/C19H24N4O3/c1-25-15-5-7-16(8-6-15)26-14-11-20-18(24)17-9-10-21-19(22-17)23-12-3-2-4-13-23/h5-10H,2-4,11-14H2,1H3,(H,20,24). The zero-order chi connectivity index (χ0) is 18.2. The van der Waals surface area contributed by atoms with Crippen molar-refractivity contribution in [3.05, 3.63) is 42.2 Å². The number of nitrogens with one attached hydrogen (secondary N) is 1. The van der Waals surface area contributed by atoms with E-state index in [0.29, 0.717) is 24.8 Å². The fourth-order valence-corrected chi connectivity index (χ4v) is 2.82. The summed E-state index contributed by atoms with van der Waals surface area (Å²) in [5.41, 5.74) is 0.380. The Balaban J connectivity index is 1.47. The van der Waals surface area contributed by atoms with E-state index in [1.807, 2.05) is 24.3 Å². The molecule has 7 nitrogen and oxygen atoms in total. The van der Waals surface area contributed by atoms with Gasteiger partial charge in [0, 0.05) is 19.3 Å². The van der Waals surface area contributed by atoms with Crippen LogP contribution in [-0.4, -0.2) is 49.2 Å². The molecule has 1 aliphatic heterocycles. The van der Waals surface area contributed by atoms with Crippen LogP contribution in [0.5, 0.6) is 11.5 Å². The minimum Gasteiger partial charge on any atom is -0.497 e. The molecule has 138 valence electrons. The monoisotopic (exact) mass is 356 g/mol. The van der Waals surface area contributed by atoms with E-state index in [1.165, 1.54) is 6.42 Å². The fraction of sp³-hybridized carbons (Fsp3) is 0.421. The highest BCUT2D eigenvalue weighted by molar-refractivity contribution is 5.92. The first-order chi connectivity index (χ1) is 12.8. The smallest absolute Gasteiger partial charge is 0.270 e. The van der Waals surface area contributed by atoms with Gasteiger partial charge in [-0.15, -0.1) is 0 Å². The highest BCUT2D eigenvalue weighted by Crippen LogP contribution is 2.17. The number of benzene rings is 1. The van der Waals surface area contributed by atoms with Crippen LogP contribution in [0.4, 0.5) is 5.95 Å². The number of methoxy groups -OCH3 is 1. The maximum absolute atomic E-state index is 12.3. The van der Waals surface area contributed by atoms with Crippen molar-refractivity contribution in [2.75, 3.05) is 38.3 Å². The number of rotatable bonds is 7. The van der Waals surface area contributed by atoms with Gasteiger partial charge in [0.2, 0.25) is 5.95 Å². The molecule has 7 heteroatoms. The lowest BCUT2D eigenvalue weighted by Gasteiger charge is -2.26. The van der Waals surface area contributed by atoms with Gasteiger partial charge in [0.05, 0.1) is 13.7 Å². The number of ether oxygens (including phenoxy) is 2. The van der Waals surface area contributed by atoms with Gasteiger partial charge < -0.3 is 19.7 Å². The Morgan fingerprint density at radius 2 is 1.85 bits per heavy atom. The second-order valence-corrected chi connectivity index (χ2v) is 6.07. The first kappa shape index (κ1) is 18.0. The molecule has 2 aromatic rings. The highest BCUT2D eigenvalue weighted by Gasteiger charge is 2.15. The van der Waals surface area contributed by atoms with E-state index < -0.39 is 0 Å². The molecule has 2 heterocycles. The van der Waals surface area contributed by atoms with Crippen LogP contribution in [0.25, 0.3) is 0 Å². The van der Waals surface area contributed by atoms with Crippen molar-refractivity contribution in [3.8, 4) is 11.5 Å². The molecule has 1 aromatic heterocycles. The van der Waals surface area contributed by atoms with E-state index in [1.54, 1.807) is 19.4 Å². The molecule has 0 spiro atoms. The van der Waals surface area contributed by atoms with E-state index in [4.69, 9.17) is 9.47 Å². The molecular formula is C19H24N4O3. The Kier molecular flexibility index (Phi) is 6.24. The Labute approximate surface area is 153 Å². The van der Waals surface area contributed by atoms with Crippen LogP contribution in [0.15, 0.2) is 36.5 Å². The molecule has 1 N–H and O–H groups in total. The van der Waals surface area contributed by atoms with Gasteiger partial charge in [-0.1, -0.05) is 0 Å². The molecule has 1 saturated heterocycles. The Hall–Kier alpha value is -2.83. The maximum Gasteiger partial charge on any atom is 0.270 e. The number of piperidine rings is 1. The van der Waals surface area contributed by atoms with Crippen molar-refractivity contribution < 1.29 is 14.3 Å². The molecule has 26 heavy (non-hydrogen) atoms. The van der Waals surface area contributed by atoms with E-state index in [-0.39, 0.29) is 5.91 Å². The van der Waals surface area contributed by atoms with E-state index >= 15 is 0 Å². The van der Waals surface area contributed by atoms with Crippen LogP contribution in [0.3, 0.4) is 0 Å². The number of carbonyl (C=O) groups is 1. The van der Waals surface area contributed by atoms with Crippen LogP contribution in [0, 0.1) is 0 Å². The number of anilines is 1. The zero-order valence-corrected chi connectivity index (χ0v) is 15.0. The molecule has 1 aromatic carbocycles. The maximum atomic E-state index is 12.3. The zero-order valence-electron chi connectivity index (χ0n) is 15.0. The largest absolute Gasteiger partial charge is 0.497 e. The summed E-state index contributed by atoms with van der Waals surface area (Å²) in [6, 6.07) is 8.95. The number of aromatic nitrogens is 2. The lowest BCUT2D eigenvalue weighted by molar-refractivity contribution is 0.0942. The van der Waals surface area contributed by atoms with Crippen molar-refractivity contribution >= 4 is 11.9 Å². The first-order valence-electron chi connectivity index (χ1n) is 8.89. The van der Waals surface area contributed by atoms with Crippen molar-refractivity contribution in [1.82, 2.24) is 15.3 Å². The van der Waals surface area contributed by atoms with Gasteiger partial charge >= 0.3 is 0 Å². The first-order valence-corrected chi connectivity index (χ1v) is 8.89. The van der Waals surface area contributed by atoms with Crippen molar-refractivity contribution in [2.24, 2.45) is 0 Å². The molecule has 0 atom stereocenters. The Bertz CT molecular complexity index is 715. The third-order valence-electron chi connectivity index (χ3n) is 4.23. The number of carbonyl (C=O) groups excluding carboxylic acids is 1. The predicted molar refractivity (Wildman–Crippen MR) is 98.9 cm³/mol. The SMILES string of the molecule is COc1ccc(OCCNC(=O)c2ccnc(N3CCCCC3)n2)cc1. The molecule has 0 unspecified atom stereocenters. The number of nitrogens with zero attached hydrogens (tertiary/aromatic N) is 3. The van der Waals surface area contributed by atoms with E-state index in [2.05, 4.69) is 20.2 Å². The van der Waals surface area contributed by atoms with Gasteiger partial charge in [-0.25, -0.2) is 9.97 Å². The van der Waals surface area contributed by atoms with Crippen molar-refractivity contribution in [3.63, 3.8) is 0 Å². The third-order valence-corrected chi connectivity index (χ3v) is 4.23. The summed E-state index contributed by atoms with van der Waals surface area (Å²) in [5.74, 6) is 1.92. The molecule has 1 fully saturated rings. The van der Waals surface area contributed by atoms with Crippen LogP contribution in [-0.2, 0) is 0 Å². The van der Waals surface area contributed by atoms with Gasteiger partial charge in [0.15, 0.2) is 0 Å². The van der Waals surface area contributed by atoms with Gasteiger partial charge in [0.25, 0.3) is 5.91 Å². The molecule has 3 rings (SSSR count). The van der Waals surface area contributed by atoms with Gasteiger partial charge in [-0.05, 0) is 49.6 Å². The summed E-state index contributed by atoms with van der Waals surface area (Å²) < 4.78 is 10.7. The Morgan fingerprint density at radius 1 is 1.12 bits per heavy atom. The Morgan fingerprint density at radius 3 is 2.58 bits per heavy atom.